The SMILES string of the molecule is C.C.CC1=NC=CC1CCC1=Cc2cccnc2C(C2CCN(C)CC2)c2ccc(Cl)cc21.CC1=NC=CC1CCC1=Cc2cccnc2C(C2CCNCC2)c2ccc(Cl)cc21. The monoisotopic (exact) mass is 880 g/mol. The highest BCUT2D eigenvalue weighted by Crippen LogP contribution is 2.47. The Morgan fingerprint density at radius 2 is 1.10 bits per heavy atom. The van der Waals surface area contributed by atoms with Gasteiger partial charge < -0.3 is 10.2 Å². The smallest absolute Gasteiger partial charge is 0.0553 e. The lowest BCUT2D eigenvalue weighted by Gasteiger charge is -2.35. The van der Waals surface area contributed by atoms with E-state index in [-0.39, 0.29) is 14.9 Å². The maximum Gasteiger partial charge on any atom is 0.0553 e. The van der Waals surface area contributed by atoms with Gasteiger partial charge in [0.05, 0.1) is 11.4 Å². The van der Waals surface area contributed by atoms with Crippen molar-refractivity contribution >= 4 is 57.9 Å². The van der Waals surface area contributed by atoms with Gasteiger partial charge in [-0.15, -0.1) is 0 Å². The number of likely N-dealkylation sites (tertiary alicyclic amines) is 1. The number of hydrogen-bond donors (Lipinski definition) is 1. The van der Waals surface area contributed by atoms with Gasteiger partial charge in [0, 0.05) is 69.9 Å². The summed E-state index contributed by atoms with van der Waals surface area (Å²) in [6.07, 6.45) is 25.9. The van der Waals surface area contributed by atoms with E-state index in [4.69, 9.17) is 33.2 Å². The lowest BCUT2D eigenvalue weighted by molar-refractivity contribution is 0.206. The van der Waals surface area contributed by atoms with E-state index in [0.29, 0.717) is 35.5 Å². The molecule has 2 fully saturated rings. The predicted molar refractivity (Wildman–Crippen MR) is 270 cm³/mol. The fourth-order valence-electron chi connectivity index (χ4n) is 10.7. The Balaban J connectivity index is 0.000000183. The Kier molecular flexibility index (Phi) is 15.5. The van der Waals surface area contributed by atoms with Gasteiger partial charge in [0.2, 0.25) is 0 Å². The van der Waals surface area contributed by atoms with Gasteiger partial charge in [0.1, 0.15) is 0 Å². The van der Waals surface area contributed by atoms with Crippen molar-refractivity contribution in [1.82, 2.24) is 20.2 Å². The molecule has 63 heavy (non-hydrogen) atoms. The van der Waals surface area contributed by atoms with Gasteiger partial charge in [0.25, 0.3) is 0 Å². The molecule has 0 radical (unpaired) electrons. The number of fused-ring (bicyclic) bond motifs is 4. The quantitative estimate of drug-likeness (QED) is 0.191. The number of aromatic nitrogens is 2. The van der Waals surface area contributed by atoms with Crippen LogP contribution in [-0.2, 0) is 0 Å². The average molecular weight is 882 g/mol. The van der Waals surface area contributed by atoms with Crippen molar-refractivity contribution in [3.8, 4) is 0 Å². The molecule has 6 aliphatic rings. The van der Waals surface area contributed by atoms with E-state index in [9.17, 15) is 0 Å². The number of nitrogens with zero attached hydrogens (tertiary/aromatic N) is 5. The van der Waals surface area contributed by atoms with E-state index in [2.05, 4.69) is 126 Å². The predicted octanol–water partition coefficient (Wildman–Crippen LogP) is 13.8. The lowest BCUT2D eigenvalue weighted by Crippen LogP contribution is -2.33. The Morgan fingerprint density at radius 1 is 0.635 bits per heavy atom. The fourth-order valence-corrected chi connectivity index (χ4v) is 11.1. The number of hydrogen-bond acceptors (Lipinski definition) is 6. The highest BCUT2D eigenvalue weighted by molar-refractivity contribution is 6.31. The Hall–Kier alpha value is -4.46. The van der Waals surface area contributed by atoms with E-state index >= 15 is 0 Å². The highest BCUT2D eigenvalue weighted by atomic mass is 35.5. The van der Waals surface area contributed by atoms with Crippen LogP contribution >= 0.6 is 23.2 Å². The average Bonchev–Trinajstić information content (AvgIpc) is 3.82. The zero-order valence-electron chi connectivity index (χ0n) is 35.8. The van der Waals surface area contributed by atoms with Crippen LogP contribution < -0.4 is 5.32 Å². The van der Waals surface area contributed by atoms with Gasteiger partial charge in [-0.2, -0.15) is 0 Å². The molecular weight excluding hydrogens is 816 g/mol. The van der Waals surface area contributed by atoms with Crippen LogP contribution in [0, 0.1) is 23.7 Å². The zero-order valence-corrected chi connectivity index (χ0v) is 37.3. The summed E-state index contributed by atoms with van der Waals surface area (Å²) < 4.78 is 0. The van der Waals surface area contributed by atoms with E-state index in [1.165, 1.54) is 93.0 Å². The minimum Gasteiger partial charge on any atom is -0.317 e. The second-order valence-electron chi connectivity index (χ2n) is 18.0. The Labute approximate surface area is 387 Å². The molecule has 330 valence electrons. The van der Waals surface area contributed by atoms with Gasteiger partial charge in [-0.25, -0.2) is 0 Å². The number of piperidine rings is 2. The number of allylic oxidation sites excluding steroid dienone is 4. The van der Waals surface area contributed by atoms with Gasteiger partial charge >= 0.3 is 0 Å². The van der Waals surface area contributed by atoms with Gasteiger partial charge in [-0.1, -0.05) is 74.5 Å². The molecule has 8 heteroatoms. The molecule has 2 saturated heterocycles. The van der Waals surface area contributed by atoms with E-state index < -0.39 is 0 Å². The number of benzene rings is 2. The van der Waals surface area contributed by atoms with Crippen molar-refractivity contribution in [2.45, 2.75) is 91.9 Å². The summed E-state index contributed by atoms with van der Waals surface area (Å²) in [5.74, 6) is 2.71. The summed E-state index contributed by atoms with van der Waals surface area (Å²) in [5.41, 5.74) is 15.6. The zero-order chi connectivity index (χ0) is 41.9. The van der Waals surface area contributed by atoms with Gasteiger partial charge in [-0.05, 0) is 203 Å². The van der Waals surface area contributed by atoms with Crippen LogP contribution in [0.1, 0.15) is 137 Å². The van der Waals surface area contributed by atoms with Gasteiger partial charge in [0.15, 0.2) is 0 Å². The molecule has 10 rings (SSSR count). The number of pyridine rings is 2. The number of rotatable bonds is 8. The topological polar surface area (TPSA) is 65.8 Å². The normalized spacial score (nSPS) is 22.8. The highest BCUT2D eigenvalue weighted by Gasteiger charge is 2.35. The van der Waals surface area contributed by atoms with Crippen molar-refractivity contribution < 1.29 is 0 Å². The van der Waals surface area contributed by atoms with Gasteiger partial charge in [-0.3, -0.25) is 20.0 Å². The number of nitrogens with one attached hydrogen (secondary N) is 1. The summed E-state index contributed by atoms with van der Waals surface area (Å²) in [4.78, 5) is 21.2. The third-order valence-electron chi connectivity index (χ3n) is 14.2. The second kappa shape index (κ2) is 21.0. The van der Waals surface area contributed by atoms with Crippen LogP contribution in [0.5, 0.6) is 0 Å². The summed E-state index contributed by atoms with van der Waals surface area (Å²) in [7, 11) is 2.23. The third kappa shape index (κ3) is 10.3. The molecule has 0 amide bonds. The van der Waals surface area contributed by atoms with Crippen molar-refractivity contribution in [2.24, 2.45) is 33.7 Å². The maximum atomic E-state index is 6.53. The van der Waals surface area contributed by atoms with Crippen LogP contribution in [0.15, 0.2) is 108 Å². The molecule has 4 unspecified atom stereocenters. The molecule has 2 aromatic carbocycles. The molecule has 0 spiro atoms. The second-order valence-corrected chi connectivity index (χ2v) is 18.8. The van der Waals surface area contributed by atoms with Crippen LogP contribution in [0.3, 0.4) is 0 Å². The Bertz CT molecular complexity index is 2430. The van der Waals surface area contributed by atoms with Crippen molar-refractivity contribution in [3.63, 3.8) is 0 Å². The number of aliphatic imine (C=N–C) groups is 2. The lowest BCUT2D eigenvalue weighted by atomic mass is 9.76. The molecule has 4 atom stereocenters. The molecule has 6 heterocycles. The molecule has 2 aliphatic carbocycles. The van der Waals surface area contributed by atoms with Crippen LogP contribution in [0.4, 0.5) is 0 Å². The van der Waals surface area contributed by atoms with Crippen LogP contribution in [-0.4, -0.2) is 59.5 Å². The summed E-state index contributed by atoms with van der Waals surface area (Å²) in [6.45, 7) is 8.73. The van der Waals surface area contributed by atoms with E-state index in [1.807, 2.05) is 24.8 Å². The Morgan fingerprint density at radius 3 is 1.54 bits per heavy atom. The van der Waals surface area contributed by atoms with Crippen molar-refractivity contribution in [2.75, 3.05) is 33.2 Å². The molecule has 6 nitrogen and oxygen atoms in total. The minimum atomic E-state index is 0. The summed E-state index contributed by atoms with van der Waals surface area (Å²) in [6, 6.07) is 21.6. The van der Waals surface area contributed by atoms with Crippen LogP contribution in [0.25, 0.3) is 23.3 Å². The van der Waals surface area contributed by atoms with Crippen molar-refractivity contribution in [3.05, 3.63) is 152 Å². The molecule has 4 aliphatic heterocycles. The first-order valence-electron chi connectivity index (χ1n) is 22.5. The molecule has 4 aromatic rings. The molecular formula is C55H66Cl2N6. The minimum absolute atomic E-state index is 0. The largest absolute Gasteiger partial charge is 0.317 e. The first-order valence-corrected chi connectivity index (χ1v) is 23.3. The van der Waals surface area contributed by atoms with Crippen LogP contribution in [0.2, 0.25) is 10.0 Å². The summed E-state index contributed by atoms with van der Waals surface area (Å²) >= 11 is 13.0. The number of halogens is 2. The van der Waals surface area contributed by atoms with E-state index in [0.717, 1.165) is 61.9 Å². The standard InChI is InChI=1S/C27H30ClN3.C26H28ClN3.2CH4/c1-18-19(9-13-29-18)5-6-21-16-22-4-3-12-30-27(22)26(20-10-14-31(2)15-11-20)24-8-7-23(28)17-25(21)24;1-17-18(10-14-29-17)4-5-20-15-21-3-2-11-30-26(21)25(19-8-12-28-13-9-19)23-7-6-22(27)16-24(20)23;;/h3-4,7-9,12-13,16-17,19-20,26H,5-6,10-11,14-15H2,1-2H3;2-3,6-7,10-11,14-16,18-19,25,28H,4-5,8-9,12-13H2,1H3;2*1H4. The first-order chi connectivity index (χ1) is 29.8. The van der Waals surface area contributed by atoms with E-state index in [1.54, 1.807) is 0 Å². The molecule has 0 bridgehead atoms. The third-order valence-corrected chi connectivity index (χ3v) is 14.7. The molecule has 0 saturated carbocycles. The molecule has 2 aromatic heterocycles. The first kappa shape index (κ1) is 46.5. The summed E-state index contributed by atoms with van der Waals surface area (Å²) in [5, 5.41) is 5.13. The fraction of sp³-hybridized carbons (Fsp3) is 0.418. The maximum absolute atomic E-state index is 6.53. The molecule has 1 N–H and O–H groups in total. The van der Waals surface area contributed by atoms with Crippen molar-refractivity contribution in [1.29, 1.82) is 0 Å².